The van der Waals surface area contributed by atoms with Crippen molar-refractivity contribution in [1.82, 2.24) is 9.71 Å². The summed E-state index contributed by atoms with van der Waals surface area (Å²) >= 11 is 0. The van der Waals surface area contributed by atoms with Crippen LogP contribution in [0, 0.1) is 11.8 Å². The van der Waals surface area contributed by atoms with Crippen molar-refractivity contribution in [2.75, 3.05) is 11.3 Å². The summed E-state index contributed by atoms with van der Waals surface area (Å²) in [5.74, 6) is 5.77. The molecule has 0 aliphatic rings. The number of hydrogen-bond acceptors (Lipinski definition) is 4. The van der Waals surface area contributed by atoms with Gasteiger partial charge in [-0.2, -0.15) is 13.1 Å². The first-order chi connectivity index (χ1) is 9.22. The molecular weight excluding hydrogens is 278 g/mol. The third-order valence-electron chi connectivity index (χ3n) is 1.91. The molecule has 1 rings (SSSR count). The molecule has 7 heteroatoms. The average Bonchev–Trinajstić information content (AvgIpc) is 2.25. The van der Waals surface area contributed by atoms with Gasteiger partial charge in [0.05, 0.1) is 6.61 Å². The fraction of sp³-hybridized carbons (Fsp3) is 0.462. The summed E-state index contributed by atoms with van der Waals surface area (Å²) in [6, 6.07) is 3.20. The molecule has 20 heavy (non-hydrogen) atoms. The van der Waals surface area contributed by atoms with Crippen molar-refractivity contribution in [3.63, 3.8) is 0 Å². The van der Waals surface area contributed by atoms with Gasteiger partial charge in [-0.15, -0.1) is 0 Å². The highest BCUT2D eigenvalue weighted by Crippen LogP contribution is 2.09. The second-order valence-electron chi connectivity index (χ2n) is 5.16. The van der Waals surface area contributed by atoms with Gasteiger partial charge in [-0.25, -0.2) is 4.98 Å². The normalized spacial score (nSPS) is 11.6. The summed E-state index contributed by atoms with van der Waals surface area (Å²) in [7, 11) is -3.68. The van der Waals surface area contributed by atoms with Crippen LogP contribution in [0.25, 0.3) is 0 Å². The average molecular weight is 297 g/mol. The first kappa shape index (κ1) is 16.4. The maximum absolute atomic E-state index is 11.9. The zero-order valence-electron chi connectivity index (χ0n) is 11.8. The molecule has 0 bridgehead atoms. The smallest absolute Gasteiger partial charge is 0.300 e. The van der Waals surface area contributed by atoms with Crippen LogP contribution in [0.1, 0.15) is 32.8 Å². The molecule has 1 aromatic rings. The minimum absolute atomic E-state index is 0.00687. The highest BCUT2D eigenvalue weighted by atomic mass is 32.2. The number of hydrogen-bond donors (Lipinski definition) is 3. The summed E-state index contributed by atoms with van der Waals surface area (Å²) < 4.78 is 28.5. The van der Waals surface area contributed by atoms with Crippen LogP contribution in [0.15, 0.2) is 18.3 Å². The Hall–Kier alpha value is -1.62. The number of pyridine rings is 1. The van der Waals surface area contributed by atoms with Crippen LogP contribution in [0.3, 0.4) is 0 Å². The summed E-state index contributed by atoms with van der Waals surface area (Å²) in [5.41, 5.74) is 0.0478. The first-order valence-corrected chi connectivity index (χ1v) is 7.58. The van der Waals surface area contributed by atoms with E-state index in [2.05, 4.69) is 26.3 Å². The van der Waals surface area contributed by atoms with Crippen molar-refractivity contribution < 1.29 is 13.5 Å². The van der Waals surface area contributed by atoms with Gasteiger partial charge in [0.1, 0.15) is 5.82 Å². The maximum Gasteiger partial charge on any atom is 0.300 e. The topological polar surface area (TPSA) is 91.3 Å². The van der Waals surface area contributed by atoms with E-state index in [0.29, 0.717) is 12.0 Å². The van der Waals surface area contributed by atoms with E-state index in [1.54, 1.807) is 26.8 Å². The van der Waals surface area contributed by atoms with E-state index < -0.39 is 15.7 Å². The van der Waals surface area contributed by atoms with Gasteiger partial charge in [0.15, 0.2) is 0 Å². The van der Waals surface area contributed by atoms with Gasteiger partial charge in [-0.3, -0.25) is 4.72 Å². The monoisotopic (exact) mass is 297 g/mol. The van der Waals surface area contributed by atoms with Crippen LogP contribution >= 0.6 is 0 Å². The van der Waals surface area contributed by atoms with E-state index >= 15 is 0 Å². The van der Waals surface area contributed by atoms with Crippen LogP contribution in [-0.4, -0.2) is 30.7 Å². The Bertz CT molecular complexity index is 610. The second-order valence-corrected chi connectivity index (χ2v) is 6.58. The molecule has 6 nitrogen and oxygen atoms in total. The Balaban J connectivity index is 2.84. The highest BCUT2D eigenvalue weighted by molar-refractivity contribution is 7.90. The lowest BCUT2D eigenvalue weighted by Crippen LogP contribution is -2.43. The molecule has 3 N–H and O–H groups in total. The molecule has 1 aromatic heterocycles. The van der Waals surface area contributed by atoms with Gasteiger partial charge in [-0.05, 0) is 32.9 Å². The number of aromatic nitrogens is 1. The fourth-order valence-corrected chi connectivity index (χ4v) is 2.60. The van der Waals surface area contributed by atoms with E-state index in [9.17, 15) is 8.42 Å². The number of aliphatic hydroxyl groups excluding tert-OH is 1. The van der Waals surface area contributed by atoms with Crippen LogP contribution in [0.4, 0.5) is 5.82 Å². The van der Waals surface area contributed by atoms with Crippen LogP contribution in [0.5, 0.6) is 0 Å². The van der Waals surface area contributed by atoms with E-state index in [0.717, 1.165) is 0 Å². The maximum atomic E-state index is 11.9. The molecule has 0 aromatic carbocycles. The van der Waals surface area contributed by atoms with Crippen molar-refractivity contribution in [2.24, 2.45) is 0 Å². The Labute approximate surface area is 119 Å². The van der Waals surface area contributed by atoms with Crippen LogP contribution in [-0.2, 0) is 10.2 Å². The quantitative estimate of drug-likeness (QED) is 0.719. The van der Waals surface area contributed by atoms with Crippen molar-refractivity contribution >= 4 is 16.0 Å². The molecule has 0 radical (unpaired) electrons. The molecule has 0 aliphatic carbocycles. The Morgan fingerprint density at radius 2 is 2.10 bits per heavy atom. The van der Waals surface area contributed by atoms with Gasteiger partial charge < -0.3 is 5.11 Å². The van der Waals surface area contributed by atoms with Crippen molar-refractivity contribution in [2.45, 2.75) is 32.7 Å². The summed E-state index contributed by atoms with van der Waals surface area (Å²) in [6.45, 7) is 5.23. The predicted octanol–water partition coefficient (Wildman–Crippen LogP) is 0.860. The lowest BCUT2D eigenvalue weighted by atomic mass is 10.1. The van der Waals surface area contributed by atoms with Crippen molar-refractivity contribution in [3.8, 4) is 11.8 Å². The molecule has 0 atom stereocenters. The molecule has 1 heterocycles. The third-order valence-corrected chi connectivity index (χ3v) is 3.27. The summed E-state index contributed by atoms with van der Waals surface area (Å²) in [4.78, 5) is 3.94. The van der Waals surface area contributed by atoms with Crippen LogP contribution in [0.2, 0.25) is 0 Å². The van der Waals surface area contributed by atoms with Crippen LogP contribution < -0.4 is 9.44 Å². The van der Waals surface area contributed by atoms with Crippen molar-refractivity contribution in [3.05, 3.63) is 23.9 Å². The minimum atomic E-state index is -3.68. The van der Waals surface area contributed by atoms with E-state index in [-0.39, 0.29) is 12.4 Å². The first-order valence-electron chi connectivity index (χ1n) is 6.09. The van der Waals surface area contributed by atoms with Gasteiger partial charge in [-0.1, -0.05) is 11.8 Å². The standard InChI is InChI=1S/C13H19N3O3S/c1-13(2,3)16-20(18,19)15-12-10-11(7-8-14-12)6-4-5-9-17/h7-8,10,16-17H,5,9H2,1-3H3,(H,14,15). The van der Waals surface area contributed by atoms with E-state index in [1.165, 1.54) is 12.3 Å². The Morgan fingerprint density at radius 1 is 1.40 bits per heavy atom. The van der Waals surface area contributed by atoms with Gasteiger partial charge in [0.25, 0.3) is 0 Å². The van der Waals surface area contributed by atoms with E-state index in [4.69, 9.17) is 5.11 Å². The molecule has 0 saturated heterocycles. The van der Waals surface area contributed by atoms with Gasteiger partial charge in [0.2, 0.25) is 0 Å². The number of rotatable bonds is 4. The molecule has 0 unspecified atom stereocenters. The zero-order chi connectivity index (χ0) is 15.2. The number of nitrogens with one attached hydrogen (secondary N) is 2. The Morgan fingerprint density at radius 3 is 2.70 bits per heavy atom. The lowest BCUT2D eigenvalue weighted by Gasteiger charge is -2.20. The lowest BCUT2D eigenvalue weighted by molar-refractivity contribution is 0.305. The number of aliphatic hydroxyl groups is 1. The fourth-order valence-electron chi connectivity index (χ4n) is 1.35. The largest absolute Gasteiger partial charge is 0.395 e. The molecule has 0 aliphatic heterocycles. The number of anilines is 1. The second kappa shape index (κ2) is 6.70. The number of nitrogens with zero attached hydrogens (tertiary/aromatic N) is 1. The summed E-state index contributed by atoms with van der Waals surface area (Å²) in [5, 5.41) is 8.65. The van der Waals surface area contributed by atoms with Gasteiger partial charge >= 0.3 is 10.2 Å². The van der Waals surface area contributed by atoms with Crippen molar-refractivity contribution in [1.29, 1.82) is 0 Å². The predicted molar refractivity (Wildman–Crippen MR) is 78.2 cm³/mol. The molecule has 0 amide bonds. The molecule has 0 fully saturated rings. The SMILES string of the molecule is CC(C)(C)NS(=O)(=O)Nc1cc(C#CCCO)ccn1. The van der Waals surface area contributed by atoms with Gasteiger partial charge in [0, 0.05) is 23.7 Å². The minimum Gasteiger partial charge on any atom is -0.395 e. The highest BCUT2D eigenvalue weighted by Gasteiger charge is 2.19. The molecular formula is C13H19N3O3S. The third kappa shape index (κ3) is 6.52. The summed E-state index contributed by atoms with van der Waals surface area (Å²) in [6.07, 6.45) is 1.84. The molecule has 0 saturated carbocycles. The Kier molecular flexibility index (Phi) is 5.51. The molecule has 0 spiro atoms. The molecule has 110 valence electrons. The zero-order valence-corrected chi connectivity index (χ0v) is 12.6. The van der Waals surface area contributed by atoms with E-state index in [1.807, 2.05) is 0 Å².